The lowest BCUT2D eigenvalue weighted by Crippen LogP contribution is -2.34. The van der Waals surface area contributed by atoms with Gasteiger partial charge in [0.05, 0.1) is 5.69 Å². The van der Waals surface area contributed by atoms with Gasteiger partial charge < -0.3 is 5.73 Å². The second kappa shape index (κ2) is 6.59. The molecule has 0 saturated carbocycles. The molecule has 0 unspecified atom stereocenters. The van der Waals surface area contributed by atoms with Crippen molar-refractivity contribution in [3.63, 3.8) is 0 Å². The van der Waals surface area contributed by atoms with Crippen molar-refractivity contribution in [3.05, 3.63) is 23.8 Å². The molecule has 5 heteroatoms. The summed E-state index contributed by atoms with van der Waals surface area (Å²) in [7, 11) is -3.56. The Morgan fingerprint density at radius 3 is 2.15 bits per heavy atom. The molecule has 20 heavy (non-hydrogen) atoms. The van der Waals surface area contributed by atoms with Crippen molar-refractivity contribution >= 4 is 15.7 Å². The van der Waals surface area contributed by atoms with Crippen LogP contribution in [0.15, 0.2) is 23.1 Å². The number of aryl methyl sites for hydroxylation is 1. The van der Waals surface area contributed by atoms with Crippen molar-refractivity contribution in [2.45, 2.75) is 39.5 Å². The zero-order valence-electron chi connectivity index (χ0n) is 13.0. The summed E-state index contributed by atoms with van der Waals surface area (Å²) in [5.74, 6) is 1.15. The summed E-state index contributed by atoms with van der Waals surface area (Å²) in [6.07, 6.45) is 0. The highest BCUT2D eigenvalue weighted by molar-refractivity contribution is 7.89. The third-order valence-electron chi connectivity index (χ3n) is 3.73. The van der Waals surface area contributed by atoms with Crippen LogP contribution in [0, 0.1) is 24.7 Å². The van der Waals surface area contributed by atoms with Crippen molar-refractivity contribution < 1.29 is 8.42 Å². The van der Waals surface area contributed by atoms with Crippen molar-refractivity contribution in [2.75, 3.05) is 12.3 Å². The van der Waals surface area contributed by atoms with Gasteiger partial charge in [0.25, 0.3) is 0 Å². The Hall–Kier alpha value is -1.07. The number of nitrogens with one attached hydrogen (secondary N) is 1. The third-order valence-corrected chi connectivity index (χ3v) is 5.37. The second-order valence-electron chi connectivity index (χ2n) is 6.00. The molecule has 4 nitrogen and oxygen atoms in total. The van der Waals surface area contributed by atoms with Gasteiger partial charge in [-0.3, -0.25) is 0 Å². The van der Waals surface area contributed by atoms with Gasteiger partial charge in [0, 0.05) is 6.54 Å². The lowest BCUT2D eigenvalue weighted by molar-refractivity contribution is 0.289. The number of benzene rings is 1. The Kier molecular flexibility index (Phi) is 5.59. The maximum Gasteiger partial charge on any atom is 0.242 e. The Bertz CT molecular complexity index is 523. The van der Waals surface area contributed by atoms with Crippen LogP contribution in [0.4, 0.5) is 5.69 Å². The van der Waals surface area contributed by atoms with Crippen LogP contribution in [0.2, 0.25) is 0 Å². The van der Waals surface area contributed by atoms with Gasteiger partial charge in [-0.1, -0.05) is 39.8 Å². The third kappa shape index (κ3) is 3.96. The lowest BCUT2D eigenvalue weighted by Gasteiger charge is -2.25. The summed E-state index contributed by atoms with van der Waals surface area (Å²) in [6, 6.07) is 5.13. The number of nitrogens with two attached hydrogens (primary N) is 1. The molecule has 1 rings (SSSR count). The summed E-state index contributed by atoms with van der Waals surface area (Å²) in [6.45, 7) is 10.6. The quantitative estimate of drug-likeness (QED) is 0.793. The molecule has 114 valence electrons. The van der Waals surface area contributed by atoms with E-state index in [1.54, 1.807) is 25.1 Å². The maximum atomic E-state index is 12.4. The van der Waals surface area contributed by atoms with Gasteiger partial charge in [0.15, 0.2) is 0 Å². The van der Waals surface area contributed by atoms with Gasteiger partial charge >= 0.3 is 0 Å². The first-order valence-corrected chi connectivity index (χ1v) is 8.50. The van der Waals surface area contributed by atoms with Gasteiger partial charge in [0.1, 0.15) is 4.90 Å². The molecule has 0 radical (unpaired) electrons. The first kappa shape index (κ1) is 17.0. The standard InChI is InChI=1S/C15H26N2O2S/c1-10(2)13(11(3)4)9-17-20(18,19)15-12(5)7-6-8-14(15)16/h6-8,10-11,13,17H,9,16H2,1-5H3. The van der Waals surface area contributed by atoms with E-state index in [2.05, 4.69) is 32.4 Å². The fraction of sp³-hybridized carbons (Fsp3) is 0.600. The molecular formula is C15H26N2O2S. The molecule has 0 spiro atoms. The van der Waals surface area contributed by atoms with Crippen molar-refractivity contribution in [1.82, 2.24) is 4.72 Å². The van der Waals surface area contributed by atoms with Crippen LogP contribution >= 0.6 is 0 Å². The number of sulfonamides is 1. The highest BCUT2D eigenvalue weighted by atomic mass is 32.2. The van der Waals surface area contributed by atoms with Crippen LogP contribution in [0.25, 0.3) is 0 Å². The molecule has 3 N–H and O–H groups in total. The molecule has 0 fully saturated rings. The Labute approximate surface area is 122 Å². The molecular weight excluding hydrogens is 272 g/mol. The molecule has 0 aliphatic heterocycles. The lowest BCUT2D eigenvalue weighted by atomic mass is 9.86. The monoisotopic (exact) mass is 298 g/mol. The zero-order valence-corrected chi connectivity index (χ0v) is 13.8. The molecule has 1 aromatic rings. The van der Waals surface area contributed by atoms with Gasteiger partial charge in [-0.05, 0) is 36.3 Å². The van der Waals surface area contributed by atoms with Crippen molar-refractivity contribution in [3.8, 4) is 0 Å². The number of nitrogen functional groups attached to an aromatic ring is 1. The van der Waals surface area contributed by atoms with Crippen molar-refractivity contribution in [2.24, 2.45) is 17.8 Å². The second-order valence-corrected chi connectivity index (χ2v) is 7.70. The smallest absolute Gasteiger partial charge is 0.242 e. The molecule has 0 heterocycles. The number of hydrogen-bond donors (Lipinski definition) is 2. The number of hydrogen-bond acceptors (Lipinski definition) is 3. The highest BCUT2D eigenvalue weighted by Crippen LogP contribution is 2.24. The highest BCUT2D eigenvalue weighted by Gasteiger charge is 2.24. The van der Waals surface area contributed by atoms with Crippen LogP contribution in [-0.4, -0.2) is 15.0 Å². The maximum absolute atomic E-state index is 12.4. The molecule has 0 bridgehead atoms. The van der Waals surface area contributed by atoms with Crippen LogP contribution in [-0.2, 0) is 10.0 Å². The van der Waals surface area contributed by atoms with Gasteiger partial charge in [-0.2, -0.15) is 0 Å². The topological polar surface area (TPSA) is 72.2 Å². The molecule has 0 aliphatic carbocycles. The van der Waals surface area contributed by atoms with E-state index >= 15 is 0 Å². The molecule has 1 aromatic carbocycles. The minimum absolute atomic E-state index is 0.200. The summed E-state index contributed by atoms with van der Waals surface area (Å²) in [4.78, 5) is 0.200. The Morgan fingerprint density at radius 1 is 1.15 bits per heavy atom. The molecule has 0 aliphatic rings. The van der Waals surface area contributed by atoms with E-state index in [-0.39, 0.29) is 4.90 Å². The number of anilines is 1. The van der Waals surface area contributed by atoms with E-state index in [0.717, 1.165) is 0 Å². The van der Waals surface area contributed by atoms with Gasteiger partial charge in [0.2, 0.25) is 10.0 Å². The van der Waals surface area contributed by atoms with E-state index < -0.39 is 10.0 Å². The SMILES string of the molecule is Cc1cccc(N)c1S(=O)(=O)NCC(C(C)C)C(C)C. The van der Waals surface area contributed by atoms with Crippen LogP contribution in [0.1, 0.15) is 33.3 Å². The van der Waals surface area contributed by atoms with E-state index in [0.29, 0.717) is 35.5 Å². The zero-order chi connectivity index (χ0) is 15.5. The minimum atomic E-state index is -3.56. The van der Waals surface area contributed by atoms with Gasteiger partial charge in [-0.25, -0.2) is 13.1 Å². The predicted octanol–water partition coefficient (Wildman–Crippen LogP) is 2.78. The fourth-order valence-corrected chi connectivity index (χ4v) is 3.99. The number of rotatable bonds is 6. The van der Waals surface area contributed by atoms with E-state index in [9.17, 15) is 8.42 Å². The predicted molar refractivity (Wildman–Crippen MR) is 83.9 cm³/mol. The van der Waals surface area contributed by atoms with Crippen LogP contribution in [0.5, 0.6) is 0 Å². The van der Waals surface area contributed by atoms with Crippen LogP contribution in [0.3, 0.4) is 0 Å². The average molecular weight is 298 g/mol. The van der Waals surface area contributed by atoms with E-state index in [1.807, 2.05) is 0 Å². The normalized spacial score (nSPS) is 12.6. The summed E-state index contributed by atoms with van der Waals surface area (Å²) in [5, 5.41) is 0. The van der Waals surface area contributed by atoms with Crippen molar-refractivity contribution in [1.29, 1.82) is 0 Å². The summed E-state index contributed by atoms with van der Waals surface area (Å²) < 4.78 is 27.6. The molecule has 0 aromatic heterocycles. The largest absolute Gasteiger partial charge is 0.398 e. The van der Waals surface area contributed by atoms with E-state index in [4.69, 9.17) is 5.73 Å². The summed E-state index contributed by atoms with van der Waals surface area (Å²) >= 11 is 0. The Balaban J connectivity index is 2.96. The molecule has 0 saturated heterocycles. The average Bonchev–Trinajstić information content (AvgIpc) is 2.26. The Morgan fingerprint density at radius 2 is 1.70 bits per heavy atom. The molecule has 0 atom stereocenters. The molecule has 0 amide bonds. The first-order valence-electron chi connectivity index (χ1n) is 7.01. The van der Waals surface area contributed by atoms with Crippen LogP contribution < -0.4 is 10.5 Å². The first-order chi connectivity index (χ1) is 9.16. The minimum Gasteiger partial charge on any atom is -0.398 e. The van der Waals surface area contributed by atoms with Gasteiger partial charge in [-0.15, -0.1) is 0 Å². The van der Waals surface area contributed by atoms with E-state index in [1.165, 1.54) is 0 Å². The fourth-order valence-electron chi connectivity index (χ4n) is 2.56. The summed E-state index contributed by atoms with van der Waals surface area (Å²) in [5.41, 5.74) is 6.78.